The summed E-state index contributed by atoms with van der Waals surface area (Å²) in [6, 6.07) is 8.22. The van der Waals surface area contributed by atoms with Gasteiger partial charge in [0.05, 0.1) is 16.9 Å². The number of carbonyl (C=O) groups is 1. The van der Waals surface area contributed by atoms with Gasteiger partial charge in [0.1, 0.15) is 29.1 Å². The third-order valence-electron chi connectivity index (χ3n) is 6.33. The Bertz CT molecular complexity index is 1580. The number of halogens is 5. The summed E-state index contributed by atoms with van der Waals surface area (Å²) in [6.45, 7) is 1.23. The van der Waals surface area contributed by atoms with Gasteiger partial charge in [-0.2, -0.15) is 23.0 Å². The first-order chi connectivity index (χ1) is 18.0. The van der Waals surface area contributed by atoms with Crippen LogP contribution in [0.2, 0.25) is 0 Å². The van der Waals surface area contributed by atoms with Gasteiger partial charge in [0.2, 0.25) is 0 Å². The van der Waals surface area contributed by atoms with Crippen molar-refractivity contribution in [3.8, 4) is 5.69 Å². The molecule has 4 aromatic rings. The van der Waals surface area contributed by atoms with Crippen molar-refractivity contribution >= 4 is 28.3 Å². The van der Waals surface area contributed by atoms with Crippen LogP contribution in [0.4, 0.5) is 33.3 Å². The van der Waals surface area contributed by atoms with Crippen LogP contribution in [-0.4, -0.2) is 44.5 Å². The van der Waals surface area contributed by atoms with Crippen molar-refractivity contribution in [1.82, 2.24) is 19.3 Å². The number of hydrogen-bond donors (Lipinski definition) is 1. The summed E-state index contributed by atoms with van der Waals surface area (Å²) in [5.74, 6) is -3.04. The first-order valence-corrected chi connectivity index (χ1v) is 11.7. The van der Waals surface area contributed by atoms with Crippen LogP contribution in [0, 0.1) is 11.6 Å². The summed E-state index contributed by atoms with van der Waals surface area (Å²) in [4.78, 5) is 31.7. The van der Waals surface area contributed by atoms with E-state index >= 15 is 0 Å². The molecule has 0 saturated carbocycles. The van der Waals surface area contributed by atoms with E-state index in [1.165, 1.54) is 11.6 Å². The van der Waals surface area contributed by atoms with E-state index in [1.54, 1.807) is 12.1 Å². The second kappa shape index (κ2) is 9.54. The lowest BCUT2D eigenvalue weighted by Crippen LogP contribution is -2.27. The average Bonchev–Trinajstić information content (AvgIpc) is 3.47. The molecule has 0 aliphatic carbocycles. The van der Waals surface area contributed by atoms with Gasteiger partial charge in [-0.05, 0) is 43.2 Å². The Morgan fingerprint density at radius 2 is 1.68 bits per heavy atom. The molecule has 38 heavy (non-hydrogen) atoms. The molecule has 8 nitrogen and oxygen atoms in total. The molecule has 0 unspecified atom stereocenters. The molecule has 1 N–H and O–H groups in total. The highest BCUT2D eigenvalue weighted by molar-refractivity contribution is 6.08. The van der Waals surface area contributed by atoms with Crippen LogP contribution in [0.25, 0.3) is 16.7 Å². The number of nitrogens with zero attached hydrogens (tertiary/aromatic N) is 5. The van der Waals surface area contributed by atoms with Crippen molar-refractivity contribution < 1.29 is 26.7 Å². The van der Waals surface area contributed by atoms with E-state index in [0.717, 1.165) is 43.2 Å². The summed E-state index contributed by atoms with van der Waals surface area (Å²) in [5.41, 5.74) is -0.377. The van der Waals surface area contributed by atoms with Crippen LogP contribution < -0.4 is 15.8 Å². The fourth-order valence-electron chi connectivity index (χ4n) is 4.56. The maximum Gasteiger partial charge on any atom is 0.396 e. The third kappa shape index (κ3) is 4.71. The smallest absolute Gasteiger partial charge is 0.368 e. The molecule has 3 heterocycles. The minimum absolute atomic E-state index is 0.169. The minimum atomic E-state index is -4.45. The Balaban J connectivity index is 1.56. The van der Waals surface area contributed by atoms with Crippen LogP contribution in [-0.2, 0) is 13.5 Å². The number of fused-ring (bicyclic) bond motifs is 1. The summed E-state index contributed by atoms with van der Waals surface area (Å²) in [7, 11) is 1.50. The zero-order valence-corrected chi connectivity index (χ0v) is 20.0. The monoisotopic (exact) mass is 532 g/mol. The Kier molecular flexibility index (Phi) is 6.37. The van der Waals surface area contributed by atoms with Crippen molar-refractivity contribution in [2.45, 2.75) is 25.4 Å². The van der Waals surface area contributed by atoms with Crippen molar-refractivity contribution in [3.63, 3.8) is 0 Å². The predicted molar refractivity (Wildman–Crippen MR) is 130 cm³/mol. The summed E-state index contributed by atoms with van der Waals surface area (Å²) >= 11 is 0. The highest BCUT2D eigenvalue weighted by Gasteiger charge is 2.32. The fraction of sp³-hybridized carbons (Fsp3) is 0.280. The molecule has 1 fully saturated rings. The van der Waals surface area contributed by atoms with Gasteiger partial charge in [0.15, 0.2) is 11.6 Å². The average molecular weight is 532 g/mol. The minimum Gasteiger partial charge on any atom is -0.368 e. The molecule has 0 bridgehead atoms. The maximum absolute atomic E-state index is 14.3. The van der Waals surface area contributed by atoms with Crippen molar-refractivity contribution in [2.24, 2.45) is 7.05 Å². The molecule has 1 amide bonds. The van der Waals surface area contributed by atoms with Crippen LogP contribution in [0.1, 0.15) is 29.2 Å². The highest BCUT2D eigenvalue weighted by Crippen LogP contribution is 2.37. The Labute approximate surface area is 212 Å². The standard InChI is InChI=1S/C25H21F5N6O2/c1-34-18-9-7-16(23(35-11-2-3-12-35)21(18)32-19(34)13-25(28,29)30)31-24(38)17-8-10-20(37)36(33-17)22-14(26)5-4-6-15(22)27/h4-10H,2-3,11-13H2,1H3,(H,31,38). The fourth-order valence-corrected chi connectivity index (χ4v) is 4.56. The number of anilines is 2. The lowest BCUT2D eigenvalue weighted by Gasteiger charge is -2.22. The number of nitrogens with one attached hydrogen (secondary N) is 1. The van der Waals surface area contributed by atoms with E-state index < -0.39 is 41.4 Å². The van der Waals surface area contributed by atoms with E-state index in [2.05, 4.69) is 15.4 Å². The molecule has 198 valence electrons. The van der Waals surface area contributed by atoms with Crippen molar-refractivity contribution in [2.75, 3.05) is 23.3 Å². The second-order valence-electron chi connectivity index (χ2n) is 8.90. The summed E-state index contributed by atoms with van der Waals surface area (Å²) in [6.07, 6.45) is -3.96. The number of aryl methyl sites for hydroxylation is 1. The number of imidazole rings is 1. The Morgan fingerprint density at radius 3 is 2.34 bits per heavy atom. The first-order valence-electron chi connectivity index (χ1n) is 11.7. The topological polar surface area (TPSA) is 85.0 Å². The summed E-state index contributed by atoms with van der Waals surface area (Å²) in [5, 5.41) is 6.54. The Morgan fingerprint density at radius 1 is 1.00 bits per heavy atom. The van der Waals surface area contributed by atoms with Gasteiger partial charge in [-0.1, -0.05) is 6.07 Å². The zero-order valence-electron chi connectivity index (χ0n) is 20.0. The number of hydrogen-bond acceptors (Lipinski definition) is 5. The molecule has 2 aromatic heterocycles. The molecule has 0 radical (unpaired) electrons. The molecule has 13 heteroatoms. The number of carbonyl (C=O) groups excluding carboxylic acids is 1. The number of aromatic nitrogens is 4. The quantitative estimate of drug-likeness (QED) is 0.387. The highest BCUT2D eigenvalue weighted by atomic mass is 19.4. The van der Waals surface area contributed by atoms with E-state index in [-0.39, 0.29) is 17.2 Å². The number of rotatable bonds is 5. The van der Waals surface area contributed by atoms with E-state index in [4.69, 9.17) is 0 Å². The molecular weight excluding hydrogens is 511 g/mol. The van der Waals surface area contributed by atoms with E-state index in [1.807, 2.05) is 4.90 Å². The number of alkyl halides is 3. The number of benzene rings is 2. The maximum atomic E-state index is 14.3. The molecule has 5 rings (SSSR count). The zero-order chi connectivity index (χ0) is 27.2. The Hall–Kier alpha value is -4.29. The molecule has 0 atom stereocenters. The van der Waals surface area contributed by atoms with Crippen LogP contribution in [0.15, 0.2) is 47.3 Å². The van der Waals surface area contributed by atoms with E-state index in [0.29, 0.717) is 34.5 Å². The molecular formula is C25H21F5N6O2. The van der Waals surface area contributed by atoms with Gasteiger partial charge in [0, 0.05) is 26.2 Å². The first kappa shape index (κ1) is 25.4. The van der Waals surface area contributed by atoms with Gasteiger partial charge in [-0.25, -0.2) is 13.8 Å². The third-order valence-corrected chi connectivity index (χ3v) is 6.33. The number of para-hydroxylation sites is 1. The van der Waals surface area contributed by atoms with Crippen molar-refractivity contribution in [1.29, 1.82) is 0 Å². The van der Waals surface area contributed by atoms with Gasteiger partial charge < -0.3 is 14.8 Å². The van der Waals surface area contributed by atoms with Crippen molar-refractivity contribution in [3.05, 3.63) is 76.0 Å². The summed E-state index contributed by atoms with van der Waals surface area (Å²) < 4.78 is 69.8. The van der Waals surface area contributed by atoms with Crippen LogP contribution >= 0.6 is 0 Å². The SMILES string of the molecule is Cn1c(CC(F)(F)F)nc2c(N3CCCC3)c(NC(=O)c3ccc(=O)n(-c4c(F)cccc4F)n3)ccc21. The number of amides is 1. The molecule has 1 aliphatic rings. The molecule has 1 saturated heterocycles. The molecule has 0 spiro atoms. The van der Waals surface area contributed by atoms with E-state index in [9.17, 15) is 31.5 Å². The normalized spacial score (nSPS) is 13.9. The predicted octanol–water partition coefficient (Wildman–Crippen LogP) is 4.35. The lowest BCUT2D eigenvalue weighted by molar-refractivity contribution is -0.128. The van der Waals surface area contributed by atoms with Gasteiger partial charge in [-0.3, -0.25) is 9.59 Å². The lowest BCUT2D eigenvalue weighted by atomic mass is 10.2. The van der Waals surface area contributed by atoms with Crippen LogP contribution in [0.5, 0.6) is 0 Å². The molecule has 2 aromatic carbocycles. The van der Waals surface area contributed by atoms with Gasteiger partial charge >= 0.3 is 6.18 Å². The van der Waals surface area contributed by atoms with Crippen LogP contribution in [0.3, 0.4) is 0 Å². The largest absolute Gasteiger partial charge is 0.396 e. The van der Waals surface area contributed by atoms with Gasteiger partial charge in [-0.15, -0.1) is 0 Å². The second-order valence-corrected chi connectivity index (χ2v) is 8.90. The van der Waals surface area contributed by atoms with Gasteiger partial charge in [0.25, 0.3) is 11.5 Å². The molecule has 1 aliphatic heterocycles.